The normalized spacial score (nSPS) is 30.1. The van der Waals surface area contributed by atoms with Crippen molar-refractivity contribution in [1.29, 1.82) is 0 Å². The van der Waals surface area contributed by atoms with E-state index in [-0.39, 0.29) is 129 Å². The third kappa shape index (κ3) is 12.9. The van der Waals surface area contributed by atoms with Crippen LogP contribution < -0.4 is 15.4 Å². The third-order valence-corrected chi connectivity index (χ3v) is 15.9. The molecular formula is C55H77N3O15. The van der Waals surface area contributed by atoms with Crippen LogP contribution >= 0.6 is 0 Å². The smallest absolute Gasteiger partial charge is 0.232 e. The molecular weight excluding hydrogens is 943 g/mol. The number of aliphatic hydroxyl groups is 1. The molecule has 18 nitrogen and oxygen atoms in total. The second-order valence-electron chi connectivity index (χ2n) is 21.3. The van der Waals surface area contributed by atoms with Gasteiger partial charge in [-0.2, -0.15) is 0 Å². The van der Waals surface area contributed by atoms with Crippen LogP contribution in [0.1, 0.15) is 99.3 Å². The third-order valence-electron chi connectivity index (χ3n) is 15.9. The van der Waals surface area contributed by atoms with Crippen LogP contribution in [0.4, 0.5) is 5.69 Å². The Morgan fingerprint density at radius 1 is 0.932 bits per heavy atom. The number of ether oxygens (including phenoxy) is 7. The van der Waals surface area contributed by atoms with E-state index in [1.165, 1.54) is 4.90 Å². The zero-order chi connectivity index (χ0) is 52.5. The van der Waals surface area contributed by atoms with Crippen LogP contribution in [0.2, 0.25) is 0 Å². The summed E-state index contributed by atoms with van der Waals surface area (Å²) < 4.78 is 41.4. The number of benzene rings is 1. The van der Waals surface area contributed by atoms with Gasteiger partial charge in [0.1, 0.15) is 12.4 Å². The lowest BCUT2D eigenvalue weighted by Gasteiger charge is -2.56. The minimum Gasteiger partial charge on any atom is -0.486 e. The zero-order valence-electron chi connectivity index (χ0n) is 43.4. The lowest BCUT2D eigenvalue weighted by Crippen LogP contribution is -2.62. The maximum Gasteiger partial charge on any atom is 0.232 e. The lowest BCUT2D eigenvalue weighted by molar-refractivity contribution is -0.196. The molecule has 6 aliphatic rings. The molecule has 18 heteroatoms. The first-order valence-corrected chi connectivity index (χ1v) is 26.5. The molecule has 1 unspecified atom stereocenters. The number of aliphatic hydroxyl groups excluding tert-OH is 1. The molecule has 4 aliphatic carbocycles. The maximum absolute atomic E-state index is 14.7. The predicted octanol–water partition coefficient (Wildman–Crippen LogP) is 4.94. The molecule has 2 heterocycles. The molecule has 12 atom stereocenters. The van der Waals surface area contributed by atoms with Crippen molar-refractivity contribution in [3.63, 3.8) is 0 Å². The summed E-state index contributed by atoms with van der Waals surface area (Å²) in [6.07, 6.45) is 7.83. The van der Waals surface area contributed by atoms with E-state index in [0.717, 1.165) is 24.8 Å². The Morgan fingerprint density at radius 2 is 1.60 bits per heavy atom. The van der Waals surface area contributed by atoms with Crippen molar-refractivity contribution in [3.05, 3.63) is 48.1 Å². The lowest BCUT2D eigenvalue weighted by atomic mass is 9.49. The Morgan fingerprint density at radius 3 is 2.25 bits per heavy atom. The molecule has 402 valence electrons. The summed E-state index contributed by atoms with van der Waals surface area (Å²) in [5.41, 5.74) is -0.455. The van der Waals surface area contributed by atoms with E-state index in [1.54, 1.807) is 50.3 Å². The average molecular weight is 1020 g/mol. The highest BCUT2D eigenvalue weighted by Gasteiger charge is 2.75. The number of rotatable bonds is 28. The maximum atomic E-state index is 14.7. The van der Waals surface area contributed by atoms with Gasteiger partial charge in [-0.25, -0.2) is 0 Å². The molecule has 2 saturated heterocycles. The highest BCUT2D eigenvalue weighted by molar-refractivity contribution is 6.03. The van der Waals surface area contributed by atoms with Gasteiger partial charge in [0.15, 0.2) is 23.5 Å². The number of nitrogens with zero attached hydrogens (tertiary/aromatic N) is 1. The first-order valence-electron chi connectivity index (χ1n) is 26.5. The average Bonchev–Trinajstić information content (AvgIpc) is 3.93. The number of carbonyl (C=O) groups excluding carboxylic acids is 7. The van der Waals surface area contributed by atoms with E-state index >= 15 is 0 Å². The number of amides is 4. The minimum absolute atomic E-state index is 0.00114. The summed E-state index contributed by atoms with van der Waals surface area (Å²) in [4.78, 5) is 91.4. The van der Waals surface area contributed by atoms with Crippen LogP contribution in [-0.4, -0.2) is 147 Å². The molecule has 0 radical (unpaired) electrons. The molecule has 0 aromatic heterocycles. The minimum atomic E-state index is -1.30. The summed E-state index contributed by atoms with van der Waals surface area (Å²) in [6, 6.07) is 5.87. The summed E-state index contributed by atoms with van der Waals surface area (Å²) in [5.74, 6) is -2.17. The van der Waals surface area contributed by atoms with Gasteiger partial charge in [-0.05, 0) is 92.2 Å². The van der Waals surface area contributed by atoms with Gasteiger partial charge in [0.25, 0.3) is 0 Å². The number of likely N-dealkylation sites (tertiary alicyclic amines) is 1. The number of hydrogen-bond acceptors (Lipinski definition) is 15. The Balaban J connectivity index is 0.795. The van der Waals surface area contributed by atoms with Gasteiger partial charge in [-0.1, -0.05) is 59.6 Å². The van der Waals surface area contributed by atoms with Crippen molar-refractivity contribution in [2.45, 2.75) is 129 Å². The molecule has 73 heavy (non-hydrogen) atoms. The first-order chi connectivity index (χ1) is 35.0. The standard InChI is InChI=1S/C55H77N3O15/c1-7-8-49-72-46-30-42-41-15-9-36-29-38(59)12-16-40(36)50(41)44(61)31-54(42,6)55(46,73-49)45(62)32-71-39-13-10-37(11-14-39)56-52(65)34(4)27-43(60)51(33(2)3)57-47(63)17-19-67-21-23-69-25-26-70-24-22-68-20-18-58-48(64)28-35(5)53(58)66/h10-14,16,29,33-35,40-42,44,46,49-51,61H,7-9,15,17-28,30-32H2,1-6H3,(H,56,65)(H,57,63)/t34-,35?,40+,41+,42+,44+,46-,49-,50-,51+,54+,55-/m1/s1. The second-order valence-corrected chi connectivity index (χ2v) is 21.3. The van der Waals surface area contributed by atoms with Gasteiger partial charge >= 0.3 is 0 Å². The van der Waals surface area contributed by atoms with Crippen LogP contribution in [0, 0.1) is 46.8 Å². The van der Waals surface area contributed by atoms with E-state index in [9.17, 15) is 38.7 Å². The first kappa shape index (κ1) is 56.0. The van der Waals surface area contributed by atoms with Gasteiger partial charge in [-0.15, -0.1) is 0 Å². The quantitative estimate of drug-likeness (QED) is 0.0746. The Kier molecular flexibility index (Phi) is 19.4. The van der Waals surface area contributed by atoms with Crippen molar-refractivity contribution >= 4 is 46.7 Å². The van der Waals surface area contributed by atoms with Crippen molar-refractivity contribution in [2.75, 3.05) is 71.3 Å². The summed E-state index contributed by atoms with van der Waals surface area (Å²) in [7, 11) is 0. The van der Waals surface area contributed by atoms with E-state index < -0.39 is 41.5 Å². The molecule has 0 bridgehead atoms. The molecule has 0 spiro atoms. The highest BCUT2D eigenvalue weighted by atomic mass is 16.7. The van der Waals surface area contributed by atoms with Gasteiger partial charge in [0.2, 0.25) is 29.4 Å². The fourth-order valence-electron chi connectivity index (χ4n) is 12.3. The van der Waals surface area contributed by atoms with E-state index in [0.29, 0.717) is 63.7 Å². The predicted molar refractivity (Wildman–Crippen MR) is 266 cm³/mol. The largest absolute Gasteiger partial charge is 0.486 e. The fraction of sp³-hybridized carbons (Fsp3) is 0.691. The topological polar surface area (TPSA) is 232 Å². The number of hydrogen-bond donors (Lipinski definition) is 3. The number of imide groups is 1. The number of Topliss-reactive ketones (excluding diaryl/α,β-unsaturated/α-hetero) is 2. The summed E-state index contributed by atoms with van der Waals surface area (Å²) >= 11 is 0. The van der Waals surface area contributed by atoms with Crippen molar-refractivity contribution in [3.8, 4) is 5.75 Å². The number of fused-ring (bicyclic) bond motifs is 7. The second kappa shape index (κ2) is 25.2. The summed E-state index contributed by atoms with van der Waals surface area (Å²) in [6.45, 7) is 13.5. The van der Waals surface area contributed by atoms with Crippen LogP contribution in [0.5, 0.6) is 5.75 Å². The highest BCUT2D eigenvalue weighted by Crippen LogP contribution is 2.68. The van der Waals surface area contributed by atoms with Gasteiger partial charge in [0, 0.05) is 48.1 Å². The molecule has 1 aromatic carbocycles. The molecule has 5 fully saturated rings. The van der Waals surface area contributed by atoms with Gasteiger partial charge in [0.05, 0.1) is 77.6 Å². The van der Waals surface area contributed by atoms with Crippen molar-refractivity contribution in [1.82, 2.24) is 10.2 Å². The number of ketones is 3. The Bertz CT molecular complexity index is 2210. The van der Waals surface area contributed by atoms with Gasteiger partial charge < -0.3 is 48.9 Å². The van der Waals surface area contributed by atoms with Crippen molar-refractivity contribution in [2.24, 2.45) is 46.8 Å². The Labute approximate surface area is 428 Å². The van der Waals surface area contributed by atoms with Crippen LogP contribution in [-0.2, 0) is 62.0 Å². The van der Waals surface area contributed by atoms with Crippen LogP contribution in [0.3, 0.4) is 0 Å². The molecule has 7 rings (SSSR count). The number of nitrogens with one attached hydrogen (secondary N) is 2. The number of carbonyl (C=O) groups is 7. The van der Waals surface area contributed by atoms with E-state index in [1.807, 2.05) is 26.8 Å². The number of anilines is 1. The van der Waals surface area contributed by atoms with Crippen molar-refractivity contribution < 1.29 is 71.8 Å². The fourth-order valence-corrected chi connectivity index (χ4v) is 12.3. The zero-order valence-corrected chi connectivity index (χ0v) is 43.4. The molecule has 1 aromatic rings. The molecule has 3 N–H and O–H groups in total. The SMILES string of the molecule is CCC[C@@H]1O[C@@H]2C[C@H]3[C@@H]4CCC5=CC(=O)C=C[C@@H]5[C@H]4[C@@H](O)C[C@]3(C)[C@]2(C(=O)COc2ccc(NC(=O)[C@H](C)CC(=O)[C@@H](NC(=O)CCOCCOCCOCCOCCN3C(=O)CC(C)C3=O)C(C)C)cc2)O1. The van der Waals surface area contributed by atoms with Crippen LogP contribution in [0.15, 0.2) is 48.1 Å². The van der Waals surface area contributed by atoms with Gasteiger partial charge in [-0.3, -0.25) is 38.5 Å². The Hall–Kier alpha value is -4.69. The number of allylic oxidation sites excluding steroid dienone is 4. The molecule has 3 saturated carbocycles. The van der Waals surface area contributed by atoms with Crippen LogP contribution in [0.25, 0.3) is 0 Å². The van der Waals surface area contributed by atoms with E-state index in [2.05, 4.69) is 17.6 Å². The summed E-state index contributed by atoms with van der Waals surface area (Å²) in [5, 5.41) is 17.6. The molecule has 2 aliphatic heterocycles. The van der Waals surface area contributed by atoms with E-state index in [4.69, 9.17) is 33.2 Å². The molecule has 4 amide bonds. The monoisotopic (exact) mass is 1020 g/mol.